The van der Waals surface area contributed by atoms with E-state index in [9.17, 15) is 0 Å². The van der Waals surface area contributed by atoms with E-state index in [0.29, 0.717) is 0 Å². The highest BCUT2D eigenvalue weighted by Gasteiger charge is 2.03. The van der Waals surface area contributed by atoms with Crippen molar-refractivity contribution in [2.45, 2.75) is 0 Å². The van der Waals surface area contributed by atoms with Crippen molar-refractivity contribution in [3.63, 3.8) is 0 Å². The summed E-state index contributed by atoms with van der Waals surface area (Å²) in [6, 6.07) is 9.64. The van der Waals surface area contributed by atoms with Crippen LogP contribution < -0.4 is 0 Å². The number of fused-ring (bicyclic) bond motifs is 1. The Bertz CT molecular complexity index is 595. The summed E-state index contributed by atoms with van der Waals surface area (Å²) in [6.45, 7) is 0. The number of hydrogen-bond acceptors (Lipinski definition) is 2. The first kappa shape index (κ1) is 9.36. The fraction of sp³-hybridized carbons (Fsp3) is 0. The molecule has 0 saturated heterocycles. The summed E-state index contributed by atoms with van der Waals surface area (Å²) in [5, 5.41) is 0.733. The lowest BCUT2D eigenvalue weighted by molar-refractivity contribution is 1.26. The molecule has 0 bridgehead atoms. The lowest BCUT2D eigenvalue weighted by Gasteiger charge is -1.96. The zero-order valence-corrected chi connectivity index (χ0v) is 9.07. The number of nitrogens with one attached hydrogen (secondary N) is 1. The van der Waals surface area contributed by atoms with Gasteiger partial charge in [0, 0.05) is 23.1 Å². The molecule has 0 aliphatic carbocycles. The summed E-state index contributed by atoms with van der Waals surface area (Å²) in [4.78, 5) is 11.6. The maximum absolute atomic E-state index is 5.84. The van der Waals surface area contributed by atoms with E-state index < -0.39 is 0 Å². The Morgan fingerprint density at radius 3 is 2.50 bits per heavy atom. The van der Waals surface area contributed by atoms with Gasteiger partial charge in [-0.1, -0.05) is 23.7 Å². The van der Waals surface area contributed by atoms with Crippen LogP contribution in [0.25, 0.3) is 22.4 Å². The number of halogens is 1. The number of hydrogen-bond donors (Lipinski definition) is 1. The van der Waals surface area contributed by atoms with Crippen molar-refractivity contribution in [3.8, 4) is 11.3 Å². The van der Waals surface area contributed by atoms with Crippen molar-refractivity contribution in [1.82, 2.24) is 15.0 Å². The summed E-state index contributed by atoms with van der Waals surface area (Å²) in [7, 11) is 0. The standard InChI is InChI=1S/C12H8ClN3/c13-9-3-1-8(2-4-9)10-7-11-12(16-10)15-6-5-14-11/h1-7H,(H,15,16). The van der Waals surface area contributed by atoms with Crippen LogP contribution in [0.15, 0.2) is 42.7 Å². The molecule has 1 N–H and O–H groups in total. The fourth-order valence-electron chi connectivity index (χ4n) is 1.64. The third-order valence-corrected chi connectivity index (χ3v) is 2.67. The van der Waals surface area contributed by atoms with E-state index in [4.69, 9.17) is 11.6 Å². The van der Waals surface area contributed by atoms with Gasteiger partial charge in [0.25, 0.3) is 0 Å². The van der Waals surface area contributed by atoms with Gasteiger partial charge in [-0.2, -0.15) is 0 Å². The third kappa shape index (κ3) is 1.55. The number of rotatable bonds is 1. The zero-order valence-electron chi connectivity index (χ0n) is 8.31. The molecule has 0 spiro atoms. The van der Waals surface area contributed by atoms with E-state index in [1.54, 1.807) is 12.4 Å². The molecule has 0 aliphatic rings. The normalized spacial score (nSPS) is 10.8. The number of aromatic nitrogens is 3. The predicted octanol–water partition coefficient (Wildman–Crippen LogP) is 3.28. The summed E-state index contributed by atoms with van der Waals surface area (Å²) < 4.78 is 0. The van der Waals surface area contributed by atoms with Crippen molar-refractivity contribution in [2.24, 2.45) is 0 Å². The smallest absolute Gasteiger partial charge is 0.156 e. The molecule has 78 valence electrons. The molecular weight excluding hydrogens is 222 g/mol. The Kier molecular flexibility index (Phi) is 2.11. The van der Waals surface area contributed by atoms with E-state index >= 15 is 0 Å². The van der Waals surface area contributed by atoms with Crippen molar-refractivity contribution in [1.29, 1.82) is 0 Å². The predicted molar refractivity (Wildman–Crippen MR) is 64.3 cm³/mol. The number of aromatic amines is 1. The SMILES string of the molecule is Clc1ccc(-c2cc3nccnc3[nH]2)cc1. The summed E-state index contributed by atoms with van der Waals surface area (Å²) in [5.74, 6) is 0. The summed E-state index contributed by atoms with van der Waals surface area (Å²) in [5.41, 5.74) is 3.74. The quantitative estimate of drug-likeness (QED) is 0.696. The molecule has 3 aromatic rings. The first-order valence-electron chi connectivity index (χ1n) is 4.88. The van der Waals surface area contributed by atoms with Crippen molar-refractivity contribution in [3.05, 3.63) is 47.7 Å². The van der Waals surface area contributed by atoms with Gasteiger partial charge in [0.15, 0.2) is 5.65 Å². The Hall–Kier alpha value is -1.87. The Morgan fingerprint density at radius 1 is 1.00 bits per heavy atom. The third-order valence-electron chi connectivity index (χ3n) is 2.42. The van der Waals surface area contributed by atoms with Crippen molar-refractivity contribution in [2.75, 3.05) is 0 Å². The molecule has 2 heterocycles. The lowest BCUT2D eigenvalue weighted by Crippen LogP contribution is -1.78. The van der Waals surface area contributed by atoms with E-state index in [1.807, 2.05) is 30.3 Å². The van der Waals surface area contributed by atoms with Crippen LogP contribution in [-0.2, 0) is 0 Å². The van der Waals surface area contributed by atoms with Gasteiger partial charge in [-0.15, -0.1) is 0 Å². The maximum atomic E-state index is 5.84. The molecule has 16 heavy (non-hydrogen) atoms. The second kappa shape index (κ2) is 3.61. The van der Waals surface area contributed by atoms with Crippen LogP contribution in [0.5, 0.6) is 0 Å². The topological polar surface area (TPSA) is 41.6 Å². The van der Waals surface area contributed by atoms with Gasteiger partial charge < -0.3 is 4.98 Å². The highest BCUT2D eigenvalue weighted by atomic mass is 35.5. The average molecular weight is 230 g/mol. The van der Waals surface area contributed by atoms with Gasteiger partial charge in [-0.25, -0.2) is 4.98 Å². The first-order chi connectivity index (χ1) is 7.83. The lowest BCUT2D eigenvalue weighted by atomic mass is 10.2. The van der Waals surface area contributed by atoms with Crippen LogP contribution in [0.3, 0.4) is 0 Å². The Labute approximate surface area is 97.1 Å². The fourth-order valence-corrected chi connectivity index (χ4v) is 1.76. The van der Waals surface area contributed by atoms with E-state index in [0.717, 1.165) is 27.4 Å². The van der Waals surface area contributed by atoms with Gasteiger partial charge in [0.05, 0.1) is 0 Å². The largest absolute Gasteiger partial charge is 0.338 e. The van der Waals surface area contributed by atoms with Crippen LogP contribution in [0.1, 0.15) is 0 Å². The van der Waals surface area contributed by atoms with Crippen LogP contribution >= 0.6 is 11.6 Å². The molecule has 3 rings (SSSR count). The minimum atomic E-state index is 0.733. The van der Waals surface area contributed by atoms with Gasteiger partial charge in [0.1, 0.15) is 5.52 Å². The monoisotopic (exact) mass is 229 g/mol. The zero-order chi connectivity index (χ0) is 11.0. The molecule has 2 aromatic heterocycles. The van der Waals surface area contributed by atoms with Crippen LogP contribution in [-0.4, -0.2) is 15.0 Å². The van der Waals surface area contributed by atoms with Gasteiger partial charge in [0.2, 0.25) is 0 Å². The van der Waals surface area contributed by atoms with E-state index in [1.165, 1.54) is 0 Å². The molecule has 3 nitrogen and oxygen atoms in total. The van der Waals surface area contributed by atoms with Crippen LogP contribution in [0.4, 0.5) is 0 Å². The number of nitrogens with zero attached hydrogens (tertiary/aromatic N) is 2. The molecule has 0 fully saturated rings. The molecule has 0 amide bonds. The summed E-state index contributed by atoms with van der Waals surface area (Å²) in [6.07, 6.45) is 3.35. The number of benzene rings is 1. The van der Waals surface area contributed by atoms with Crippen LogP contribution in [0, 0.1) is 0 Å². The minimum Gasteiger partial charge on any atom is -0.338 e. The van der Waals surface area contributed by atoms with E-state index in [2.05, 4.69) is 15.0 Å². The van der Waals surface area contributed by atoms with Crippen molar-refractivity contribution >= 4 is 22.8 Å². The average Bonchev–Trinajstić information content (AvgIpc) is 2.73. The molecule has 0 saturated carbocycles. The van der Waals surface area contributed by atoms with E-state index in [-0.39, 0.29) is 0 Å². The Morgan fingerprint density at radius 2 is 1.75 bits per heavy atom. The van der Waals surface area contributed by atoms with Gasteiger partial charge >= 0.3 is 0 Å². The van der Waals surface area contributed by atoms with Gasteiger partial charge in [-0.3, -0.25) is 4.98 Å². The minimum absolute atomic E-state index is 0.733. The molecule has 0 unspecified atom stereocenters. The highest BCUT2D eigenvalue weighted by molar-refractivity contribution is 6.30. The highest BCUT2D eigenvalue weighted by Crippen LogP contribution is 2.23. The molecular formula is C12H8ClN3. The molecule has 0 atom stereocenters. The second-order valence-corrected chi connectivity index (χ2v) is 3.92. The molecule has 1 aromatic carbocycles. The number of H-pyrrole nitrogens is 1. The molecule has 0 aliphatic heterocycles. The molecule has 4 heteroatoms. The van der Waals surface area contributed by atoms with Crippen LogP contribution in [0.2, 0.25) is 5.02 Å². The summed E-state index contributed by atoms with van der Waals surface area (Å²) >= 11 is 5.84. The van der Waals surface area contributed by atoms with Gasteiger partial charge in [-0.05, 0) is 23.8 Å². The second-order valence-electron chi connectivity index (χ2n) is 3.48. The van der Waals surface area contributed by atoms with Crippen molar-refractivity contribution < 1.29 is 0 Å². The first-order valence-corrected chi connectivity index (χ1v) is 5.26. The molecule has 0 radical (unpaired) electrons. The maximum Gasteiger partial charge on any atom is 0.156 e. The Balaban J connectivity index is 2.15.